The standard InChI is InChI=1S/C17H25NO3/c1-2-6-17(16(20)21)7-3-8-18(11-17)15(19)14-10-12-4-5-13(14)9-12/h4-5,12-14H,2-3,6-11H2,1H3,(H,20,21). The van der Waals surface area contributed by atoms with Gasteiger partial charge in [0, 0.05) is 19.0 Å². The quantitative estimate of drug-likeness (QED) is 0.810. The van der Waals surface area contributed by atoms with Gasteiger partial charge in [-0.2, -0.15) is 0 Å². The number of carbonyl (C=O) groups excluding carboxylic acids is 1. The van der Waals surface area contributed by atoms with E-state index in [2.05, 4.69) is 12.2 Å². The van der Waals surface area contributed by atoms with Crippen molar-refractivity contribution < 1.29 is 14.7 Å². The number of carboxylic acid groups (broad SMARTS) is 1. The van der Waals surface area contributed by atoms with Crippen molar-refractivity contribution in [3.63, 3.8) is 0 Å². The number of hydrogen-bond donors (Lipinski definition) is 1. The molecule has 3 rings (SSSR count). The first-order valence-electron chi connectivity index (χ1n) is 8.26. The van der Waals surface area contributed by atoms with Crippen molar-refractivity contribution in [2.75, 3.05) is 13.1 Å². The lowest BCUT2D eigenvalue weighted by molar-refractivity contribution is -0.156. The highest BCUT2D eigenvalue weighted by molar-refractivity contribution is 5.82. The van der Waals surface area contributed by atoms with E-state index in [1.807, 2.05) is 11.8 Å². The Morgan fingerprint density at radius 2 is 2.14 bits per heavy atom. The summed E-state index contributed by atoms with van der Waals surface area (Å²) in [6, 6.07) is 0. The Balaban J connectivity index is 1.72. The predicted molar refractivity (Wildman–Crippen MR) is 79.6 cm³/mol. The minimum atomic E-state index is -0.727. The van der Waals surface area contributed by atoms with E-state index >= 15 is 0 Å². The number of piperidine rings is 1. The van der Waals surface area contributed by atoms with Crippen LogP contribution in [-0.4, -0.2) is 35.0 Å². The lowest BCUT2D eigenvalue weighted by atomic mass is 9.76. The molecule has 4 nitrogen and oxygen atoms in total. The van der Waals surface area contributed by atoms with Crippen molar-refractivity contribution in [3.8, 4) is 0 Å². The molecule has 1 aliphatic heterocycles. The normalized spacial score (nSPS) is 38.0. The molecule has 4 atom stereocenters. The van der Waals surface area contributed by atoms with Gasteiger partial charge in [0.1, 0.15) is 0 Å². The van der Waals surface area contributed by atoms with Crippen LogP contribution in [0.25, 0.3) is 0 Å². The van der Waals surface area contributed by atoms with Crippen LogP contribution < -0.4 is 0 Å². The Labute approximate surface area is 126 Å². The summed E-state index contributed by atoms with van der Waals surface area (Å²) in [5, 5.41) is 9.64. The van der Waals surface area contributed by atoms with Crippen LogP contribution in [0.1, 0.15) is 45.4 Å². The maximum absolute atomic E-state index is 12.8. The van der Waals surface area contributed by atoms with Gasteiger partial charge in [-0.15, -0.1) is 0 Å². The summed E-state index contributed by atoms with van der Waals surface area (Å²) in [7, 11) is 0. The lowest BCUT2D eigenvalue weighted by Crippen LogP contribution is -2.51. The van der Waals surface area contributed by atoms with Crippen LogP contribution in [0.4, 0.5) is 0 Å². The molecule has 21 heavy (non-hydrogen) atoms. The lowest BCUT2D eigenvalue weighted by Gasteiger charge is -2.41. The van der Waals surface area contributed by atoms with E-state index in [9.17, 15) is 14.7 Å². The van der Waals surface area contributed by atoms with Crippen molar-refractivity contribution in [3.05, 3.63) is 12.2 Å². The van der Waals surface area contributed by atoms with Crippen molar-refractivity contribution in [2.45, 2.75) is 45.4 Å². The first-order valence-corrected chi connectivity index (χ1v) is 8.26. The van der Waals surface area contributed by atoms with Gasteiger partial charge in [-0.3, -0.25) is 9.59 Å². The molecular formula is C17H25NO3. The minimum absolute atomic E-state index is 0.103. The third-order valence-corrected chi connectivity index (χ3v) is 5.67. The molecule has 0 aromatic carbocycles. The second-order valence-electron chi connectivity index (χ2n) is 7.09. The van der Waals surface area contributed by atoms with E-state index in [0.29, 0.717) is 31.2 Å². The van der Waals surface area contributed by atoms with E-state index in [4.69, 9.17) is 0 Å². The molecule has 1 saturated carbocycles. The van der Waals surface area contributed by atoms with E-state index in [-0.39, 0.29) is 11.8 Å². The van der Waals surface area contributed by atoms with Crippen molar-refractivity contribution in [1.29, 1.82) is 0 Å². The van der Waals surface area contributed by atoms with Gasteiger partial charge in [0.2, 0.25) is 5.91 Å². The number of rotatable bonds is 4. The number of fused-ring (bicyclic) bond motifs is 2. The average molecular weight is 291 g/mol. The van der Waals surface area contributed by atoms with Crippen molar-refractivity contribution >= 4 is 11.9 Å². The molecule has 1 N–H and O–H groups in total. The number of likely N-dealkylation sites (tertiary alicyclic amines) is 1. The Morgan fingerprint density at radius 1 is 1.33 bits per heavy atom. The monoisotopic (exact) mass is 291 g/mol. The van der Waals surface area contributed by atoms with Crippen molar-refractivity contribution in [2.24, 2.45) is 23.2 Å². The third kappa shape index (κ3) is 2.49. The maximum atomic E-state index is 12.8. The van der Waals surface area contributed by atoms with Crippen LogP contribution in [0, 0.1) is 23.2 Å². The highest BCUT2D eigenvalue weighted by atomic mass is 16.4. The molecule has 1 heterocycles. The van der Waals surface area contributed by atoms with Crippen molar-refractivity contribution in [1.82, 2.24) is 4.90 Å². The summed E-state index contributed by atoms with van der Waals surface area (Å²) in [5.74, 6) is 0.553. The van der Waals surface area contributed by atoms with Crippen LogP contribution in [0.15, 0.2) is 12.2 Å². The number of hydrogen-bond acceptors (Lipinski definition) is 2. The second kappa shape index (κ2) is 5.47. The summed E-state index contributed by atoms with van der Waals surface area (Å²) < 4.78 is 0. The van der Waals surface area contributed by atoms with E-state index < -0.39 is 11.4 Å². The number of carboxylic acids is 1. The van der Waals surface area contributed by atoms with E-state index in [1.54, 1.807) is 0 Å². The second-order valence-corrected chi connectivity index (χ2v) is 7.09. The SMILES string of the molecule is CCCC1(C(=O)O)CCCN(C(=O)C2CC3C=CC2C3)C1. The molecule has 2 aliphatic carbocycles. The molecule has 0 aromatic heterocycles. The van der Waals surface area contributed by atoms with Gasteiger partial charge in [-0.1, -0.05) is 25.5 Å². The molecule has 4 unspecified atom stereocenters. The fourth-order valence-electron chi connectivity index (χ4n) is 4.58. The van der Waals surface area contributed by atoms with Gasteiger partial charge in [-0.05, 0) is 43.9 Å². The molecule has 2 fully saturated rings. The van der Waals surface area contributed by atoms with Gasteiger partial charge in [-0.25, -0.2) is 0 Å². The number of nitrogens with zero attached hydrogens (tertiary/aromatic N) is 1. The van der Waals surface area contributed by atoms with Gasteiger partial charge in [0.25, 0.3) is 0 Å². The maximum Gasteiger partial charge on any atom is 0.311 e. The molecule has 1 amide bonds. The molecule has 116 valence electrons. The Kier molecular flexibility index (Phi) is 3.80. The summed E-state index contributed by atoms with van der Waals surface area (Å²) in [6.07, 6.45) is 9.55. The first kappa shape index (κ1) is 14.6. The van der Waals surface area contributed by atoms with Gasteiger partial charge in [0.05, 0.1) is 5.41 Å². The fourth-order valence-corrected chi connectivity index (χ4v) is 4.58. The van der Waals surface area contributed by atoms with Gasteiger partial charge in [0.15, 0.2) is 0 Å². The van der Waals surface area contributed by atoms with Crippen LogP contribution in [-0.2, 0) is 9.59 Å². The third-order valence-electron chi connectivity index (χ3n) is 5.67. The topological polar surface area (TPSA) is 57.6 Å². The number of aliphatic carboxylic acids is 1. The van der Waals surface area contributed by atoms with E-state index in [1.165, 1.54) is 0 Å². The van der Waals surface area contributed by atoms with Gasteiger partial charge < -0.3 is 10.0 Å². The zero-order valence-electron chi connectivity index (χ0n) is 12.8. The van der Waals surface area contributed by atoms with Crippen LogP contribution in [0.3, 0.4) is 0 Å². The summed E-state index contributed by atoms with van der Waals surface area (Å²) in [5.41, 5.74) is -0.712. The fraction of sp³-hybridized carbons (Fsp3) is 0.765. The Bertz CT molecular complexity index is 469. The Morgan fingerprint density at radius 3 is 2.71 bits per heavy atom. The molecule has 4 heteroatoms. The minimum Gasteiger partial charge on any atom is -0.481 e. The van der Waals surface area contributed by atoms with Crippen LogP contribution in [0.2, 0.25) is 0 Å². The zero-order chi connectivity index (χ0) is 15.0. The smallest absolute Gasteiger partial charge is 0.311 e. The number of amides is 1. The highest BCUT2D eigenvalue weighted by Crippen LogP contribution is 2.45. The van der Waals surface area contributed by atoms with Crippen LogP contribution in [0.5, 0.6) is 0 Å². The first-order chi connectivity index (χ1) is 10.1. The molecule has 0 radical (unpaired) electrons. The Hall–Kier alpha value is -1.32. The summed E-state index contributed by atoms with van der Waals surface area (Å²) in [4.78, 5) is 26.4. The molecule has 2 bridgehead atoms. The molecule has 0 spiro atoms. The number of allylic oxidation sites excluding steroid dienone is 2. The molecular weight excluding hydrogens is 266 g/mol. The number of carbonyl (C=O) groups is 2. The summed E-state index contributed by atoms with van der Waals surface area (Å²) >= 11 is 0. The van der Waals surface area contributed by atoms with Crippen LogP contribution >= 0.6 is 0 Å². The predicted octanol–water partition coefficient (Wildman–Crippen LogP) is 2.69. The largest absolute Gasteiger partial charge is 0.481 e. The zero-order valence-corrected chi connectivity index (χ0v) is 12.8. The molecule has 0 aromatic rings. The highest BCUT2D eigenvalue weighted by Gasteiger charge is 2.46. The van der Waals surface area contributed by atoms with Gasteiger partial charge >= 0.3 is 5.97 Å². The molecule has 1 saturated heterocycles. The summed E-state index contributed by atoms with van der Waals surface area (Å²) in [6.45, 7) is 3.16. The van der Waals surface area contributed by atoms with E-state index in [0.717, 1.165) is 32.2 Å². The average Bonchev–Trinajstić information content (AvgIpc) is 3.09. The molecule has 3 aliphatic rings.